The lowest BCUT2D eigenvalue weighted by molar-refractivity contribution is 0.523. The van der Waals surface area contributed by atoms with Crippen molar-refractivity contribution < 1.29 is 4.42 Å². The highest BCUT2D eigenvalue weighted by Gasteiger charge is 2.21. The molecular formula is C23H18O. The topological polar surface area (TPSA) is 13.1 Å². The van der Waals surface area contributed by atoms with Gasteiger partial charge in [-0.25, -0.2) is 0 Å². The Hall–Kier alpha value is -2.80. The molecule has 0 N–H and O–H groups in total. The summed E-state index contributed by atoms with van der Waals surface area (Å²) >= 11 is 0. The molecule has 1 nitrogen and oxygen atoms in total. The van der Waals surface area contributed by atoms with Crippen LogP contribution in [0, 0.1) is 6.92 Å². The van der Waals surface area contributed by atoms with Gasteiger partial charge in [0.25, 0.3) is 0 Å². The van der Waals surface area contributed by atoms with Crippen molar-refractivity contribution in [2.24, 2.45) is 0 Å². The highest BCUT2D eigenvalue weighted by molar-refractivity contribution is 5.98. The number of rotatable bonds is 2. The molecule has 0 spiro atoms. The van der Waals surface area contributed by atoms with E-state index in [-0.39, 0.29) is 0 Å². The molecule has 2 aromatic carbocycles. The number of hydrogen-bond donors (Lipinski definition) is 0. The Kier molecular flexibility index (Phi) is 2.90. The molecule has 2 aliphatic rings. The van der Waals surface area contributed by atoms with Gasteiger partial charge in [-0.2, -0.15) is 0 Å². The quantitative estimate of drug-likeness (QED) is 0.440. The van der Waals surface area contributed by atoms with Gasteiger partial charge in [0.05, 0.1) is 0 Å². The van der Waals surface area contributed by atoms with E-state index < -0.39 is 0 Å². The number of fused-ring (bicyclic) bond motifs is 3. The van der Waals surface area contributed by atoms with E-state index in [1.165, 1.54) is 39.0 Å². The van der Waals surface area contributed by atoms with Crippen molar-refractivity contribution in [1.82, 2.24) is 0 Å². The second kappa shape index (κ2) is 5.10. The van der Waals surface area contributed by atoms with Crippen molar-refractivity contribution in [2.75, 3.05) is 0 Å². The zero-order chi connectivity index (χ0) is 16.1. The number of furan rings is 1. The molecule has 1 aromatic heterocycles. The summed E-state index contributed by atoms with van der Waals surface area (Å²) in [7, 11) is 0. The molecule has 0 atom stereocenters. The molecule has 116 valence electrons. The Morgan fingerprint density at radius 3 is 2.62 bits per heavy atom. The zero-order valence-corrected chi connectivity index (χ0v) is 13.7. The van der Waals surface area contributed by atoms with Gasteiger partial charge in [-0.3, -0.25) is 0 Å². The summed E-state index contributed by atoms with van der Waals surface area (Å²) in [5, 5.41) is 0. The summed E-state index contributed by atoms with van der Waals surface area (Å²) in [4.78, 5) is 0. The van der Waals surface area contributed by atoms with Crippen LogP contribution in [0.1, 0.15) is 34.6 Å². The summed E-state index contributed by atoms with van der Waals surface area (Å²) < 4.78 is 5.86. The van der Waals surface area contributed by atoms with Crippen LogP contribution in [-0.4, -0.2) is 0 Å². The highest BCUT2D eigenvalue weighted by atomic mass is 16.3. The molecule has 0 radical (unpaired) electrons. The van der Waals surface area contributed by atoms with Crippen LogP contribution < -0.4 is 0 Å². The average molecular weight is 310 g/mol. The van der Waals surface area contributed by atoms with Gasteiger partial charge in [-0.15, -0.1) is 0 Å². The first-order valence-corrected chi connectivity index (χ1v) is 8.48. The smallest absolute Gasteiger partial charge is 0.134 e. The van der Waals surface area contributed by atoms with Crippen molar-refractivity contribution in [3.63, 3.8) is 0 Å². The molecular weight excluding hydrogens is 292 g/mol. The molecule has 3 aromatic rings. The van der Waals surface area contributed by atoms with E-state index in [1.54, 1.807) is 0 Å². The zero-order valence-electron chi connectivity index (χ0n) is 13.7. The minimum absolute atomic E-state index is 0.958. The SMILES string of the molecule is Cc1ccc(C2=C(c3ccc4c(c3)-c3ccccc3C4)CC=C2)o1. The van der Waals surface area contributed by atoms with E-state index in [1.807, 2.05) is 13.0 Å². The van der Waals surface area contributed by atoms with Gasteiger partial charge >= 0.3 is 0 Å². The minimum Gasteiger partial charge on any atom is -0.461 e. The van der Waals surface area contributed by atoms with Gasteiger partial charge in [0, 0.05) is 5.57 Å². The monoisotopic (exact) mass is 310 g/mol. The number of benzene rings is 2. The van der Waals surface area contributed by atoms with Crippen molar-refractivity contribution in [2.45, 2.75) is 19.8 Å². The molecule has 0 bridgehead atoms. The predicted octanol–water partition coefficient (Wildman–Crippen LogP) is 6.03. The predicted molar refractivity (Wildman–Crippen MR) is 98.7 cm³/mol. The normalized spacial score (nSPS) is 15.0. The van der Waals surface area contributed by atoms with Gasteiger partial charge in [-0.05, 0) is 71.4 Å². The molecule has 24 heavy (non-hydrogen) atoms. The summed E-state index contributed by atoms with van der Waals surface area (Å²) in [6.07, 6.45) is 6.43. The number of allylic oxidation sites excluding steroid dienone is 4. The van der Waals surface area contributed by atoms with Gasteiger partial charge < -0.3 is 4.42 Å². The molecule has 0 fully saturated rings. The van der Waals surface area contributed by atoms with E-state index in [0.717, 1.165) is 24.4 Å². The first-order chi connectivity index (χ1) is 11.8. The lowest BCUT2D eigenvalue weighted by atomic mass is 9.95. The number of aryl methyl sites for hydroxylation is 1. The van der Waals surface area contributed by atoms with Crippen LogP contribution in [0.2, 0.25) is 0 Å². The third kappa shape index (κ3) is 2.01. The van der Waals surface area contributed by atoms with Crippen LogP contribution in [0.4, 0.5) is 0 Å². The van der Waals surface area contributed by atoms with Crippen LogP contribution in [0.3, 0.4) is 0 Å². The third-order valence-electron chi connectivity index (χ3n) is 5.08. The van der Waals surface area contributed by atoms with Gasteiger partial charge in [0.2, 0.25) is 0 Å². The van der Waals surface area contributed by atoms with Crippen LogP contribution in [0.15, 0.2) is 71.2 Å². The average Bonchev–Trinajstić information content (AvgIpc) is 3.31. The Morgan fingerprint density at radius 1 is 0.875 bits per heavy atom. The maximum Gasteiger partial charge on any atom is 0.134 e. The van der Waals surface area contributed by atoms with Crippen molar-refractivity contribution in [3.8, 4) is 11.1 Å². The maximum atomic E-state index is 5.86. The molecule has 5 rings (SSSR count). The Bertz CT molecular complexity index is 1010. The number of hydrogen-bond acceptors (Lipinski definition) is 1. The molecule has 0 aliphatic heterocycles. The van der Waals surface area contributed by atoms with E-state index in [2.05, 4.69) is 60.7 Å². The summed E-state index contributed by atoms with van der Waals surface area (Å²) in [6.45, 7) is 1.99. The Balaban J connectivity index is 1.64. The molecule has 0 amide bonds. The van der Waals surface area contributed by atoms with E-state index >= 15 is 0 Å². The molecule has 1 heteroatoms. The summed E-state index contributed by atoms with van der Waals surface area (Å²) in [5.74, 6) is 1.93. The summed E-state index contributed by atoms with van der Waals surface area (Å²) in [5.41, 5.74) is 9.52. The fourth-order valence-corrected chi connectivity index (χ4v) is 3.90. The van der Waals surface area contributed by atoms with Crippen molar-refractivity contribution >= 4 is 11.1 Å². The molecule has 0 saturated heterocycles. The third-order valence-corrected chi connectivity index (χ3v) is 5.08. The van der Waals surface area contributed by atoms with Crippen LogP contribution in [0.5, 0.6) is 0 Å². The fraction of sp³-hybridized carbons (Fsp3) is 0.130. The lowest BCUT2D eigenvalue weighted by Gasteiger charge is -2.09. The molecule has 2 aliphatic carbocycles. The van der Waals surface area contributed by atoms with Crippen LogP contribution >= 0.6 is 0 Å². The van der Waals surface area contributed by atoms with E-state index in [9.17, 15) is 0 Å². The second-order valence-electron chi connectivity index (χ2n) is 6.61. The van der Waals surface area contributed by atoms with Crippen LogP contribution in [0.25, 0.3) is 22.3 Å². The van der Waals surface area contributed by atoms with E-state index in [4.69, 9.17) is 4.42 Å². The molecule has 0 saturated carbocycles. The van der Waals surface area contributed by atoms with Crippen molar-refractivity contribution in [3.05, 3.63) is 95.0 Å². The van der Waals surface area contributed by atoms with Gasteiger partial charge in [-0.1, -0.05) is 48.6 Å². The maximum absolute atomic E-state index is 5.86. The van der Waals surface area contributed by atoms with Gasteiger partial charge in [0.15, 0.2) is 0 Å². The minimum atomic E-state index is 0.958. The van der Waals surface area contributed by atoms with E-state index in [0.29, 0.717) is 0 Å². The second-order valence-corrected chi connectivity index (χ2v) is 6.61. The lowest BCUT2D eigenvalue weighted by Crippen LogP contribution is -1.88. The first kappa shape index (κ1) is 13.6. The van der Waals surface area contributed by atoms with Crippen molar-refractivity contribution in [1.29, 1.82) is 0 Å². The Labute approximate surface area is 142 Å². The van der Waals surface area contributed by atoms with Crippen LogP contribution in [-0.2, 0) is 6.42 Å². The first-order valence-electron chi connectivity index (χ1n) is 8.48. The standard InChI is InChI=1S/C23H18O/c1-15-9-12-23(24-15)21-8-4-7-19(21)18-11-10-17-13-16-5-2-3-6-20(16)22(17)14-18/h2-6,8-12,14H,7,13H2,1H3. The van der Waals surface area contributed by atoms with Gasteiger partial charge in [0.1, 0.15) is 11.5 Å². The largest absolute Gasteiger partial charge is 0.461 e. The highest BCUT2D eigenvalue weighted by Crippen LogP contribution is 2.41. The molecule has 1 heterocycles. The molecule has 0 unspecified atom stereocenters. The summed E-state index contributed by atoms with van der Waals surface area (Å²) in [6, 6.07) is 19.8. The fourth-order valence-electron chi connectivity index (χ4n) is 3.90. The Morgan fingerprint density at radius 2 is 1.75 bits per heavy atom.